The van der Waals surface area contributed by atoms with Crippen LogP contribution >= 0.6 is 11.8 Å². The lowest BCUT2D eigenvalue weighted by molar-refractivity contribution is -0.130. The second-order valence-corrected chi connectivity index (χ2v) is 6.84. The summed E-state index contributed by atoms with van der Waals surface area (Å²) >= 11 is 1.82. The summed E-state index contributed by atoms with van der Waals surface area (Å²) in [5, 5.41) is 10.2. The van der Waals surface area contributed by atoms with Gasteiger partial charge in [-0.1, -0.05) is 6.42 Å². The van der Waals surface area contributed by atoms with E-state index in [4.69, 9.17) is 0 Å². The molecule has 2 unspecified atom stereocenters. The number of nitrogens with zero attached hydrogens (tertiary/aromatic N) is 1. The molecule has 17 heavy (non-hydrogen) atoms. The molecule has 98 valence electrons. The molecule has 0 aromatic heterocycles. The Morgan fingerprint density at radius 1 is 1.29 bits per heavy atom. The van der Waals surface area contributed by atoms with E-state index in [9.17, 15) is 9.90 Å². The molecule has 2 atom stereocenters. The van der Waals surface area contributed by atoms with Crippen LogP contribution in [0.2, 0.25) is 0 Å². The van der Waals surface area contributed by atoms with Crippen LogP contribution in [0.5, 0.6) is 0 Å². The highest BCUT2D eigenvalue weighted by molar-refractivity contribution is 8.00. The minimum Gasteiger partial charge on any atom is -0.390 e. The van der Waals surface area contributed by atoms with Gasteiger partial charge in [-0.15, -0.1) is 11.8 Å². The largest absolute Gasteiger partial charge is 0.390 e. The van der Waals surface area contributed by atoms with Crippen LogP contribution in [0.25, 0.3) is 0 Å². The number of likely N-dealkylation sites (tertiary alicyclic amines) is 1. The van der Waals surface area contributed by atoms with Gasteiger partial charge in [0.05, 0.1) is 10.9 Å². The predicted molar refractivity (Wildman–Crippen MR) is 71.2 cm³/mol. The van der Waals surface area contributed by atoms with Crippen molar-refractivity contribution in [2.45, 2.75) is 56.3 Å². The molecule has 0 aromatic rings. The normalized spacial score (nSPS) is 35.4. The smallest absolute Gasteiger partial charge is 0.235 e. The van der Waals surface area contributed by atoms with Gasteiger partial charge in [-0.25, -0.2) is 0 Å². The molecule has 4 heteroatoms. The number of amides is 1. The monoisotopic (exact) mass is 257 g/mol. The summed E-state index contributed by atoms with van der Waals surface area (Å²) in [6.45, 7) is 3.44. The van der Waals surface area contributed by atoms with Gasteiger partial charge in [0.1, 0.15) is 0 Å². The van der Waals surface area contributed by atoms with E-state index >= 15 is 0 Å². The Hall–Kier alpha value is -0.220. The van der Waals surface area contributed by atoms with Gasteiger partial charge >= 0.3 is 0 Å². The van der Waals surface area contributed by atoms with E-state index in [1.54, 1.807) is 0 Å². The Balaban J connectivity index is 1.90. The van der Waals surface area contributed by atoms with Crippen molar-refractivity contribution in [2.75, 3.05) is 18.8 Å². The van der Waals surface area contributed by atoms with Crippen molar-refractivity contribution in [3.8, 4) is 0 Å². The molecule has 1 amide bonds. The fraction of sp³-hybridized carbons (Fsp3) is 0.923. The highest BCUT2D eigenvalue weighted by Gasteiger charge is 2.31. The summed E-state index contributed by atoms with van der Waals surface area (Å²) in [4.78, 5) is 14.3. The number of hydrogen-bond donors (Lipinski definition) is 1. The van der Waals surface area contributed by atoms with E-state index in [-0.39, 0.29) is 5.25 Å². The third kappa shape index (κ3) is 3.62. The summed E-state index contributed by atoms with van der Waals surface area (Å²) in [6.07, 6.45) is 5.94. The van der Waals surface area contributed by atoms with Gasteiger partial charge in [-0.05, 0) is 44.8 Å². The Labute approximate surface area is 108 Å². The maximum atomic E-state index is 12.3. The summed E-state index contributed by atoms with van der Waals surface area (Å²) < 4.78 is 0. The van der Waals surface area contributed by atoms with E-state index in [0.29, 0.717) is 5.91 Å². The Morgan fingerprint density at radius 3 is 2.82 bits per heavy atom. The van der Waals surface area contributed by atoms with Crippen LogP contribution in [0.1, 0.15) is 45.4 Å². The molecule has 2 saturated heterocycles. The fourth-order valence-electron chi connectivity index (χ4n) is 2.62. The van der Waals surface area contributed by atoms with Gasteiger partial charge in [-0.3, -0.25) is 4.79 Å². The molecular formula is C13H23NO2S. The molecule has 2 aliphatic heterocycles. The highest BCUT2D eigenvalue weighted by atomic mass is 32.2. The lowest BCUT2D eigenvalue weighted by Crippen LogP contribution is -2.40. The first kappa shape index (κ1) is 13.2. The maximum absolute atomic E-state index is 12.3. The Morgan fingerprint density at radius 2 is 2.12 bits per heavy atom. The number of hydrogen-bond acceptors (Lipinski definition) is 3. The number of carbonyl (C=O) groups is 1. The molecule has 2 aliphatic rings. The van der Waals surface area contributed by atoms with Crippen molar-refractivity contribution in [1.82, 2.24) is 4.90 Å². The minimum atomic E-state index is -0.575. The number of aliphatic hydroxyl groups is 1. The molecule has 0 radical (unpaired) electrons. The van der Waals surface area contributed by atoms with Crippen molar-refractivity contribution in [1.29, 1.82) is 0 Å². The zero-order chi connectivity index (χ0) is 12.3. The fourth-order valence-corrected chi connectivity index (χ4v) is 3.90. The maximum Gasteiger partial charge on any atom is 0.235 e. The first-order chi connectivity index (χ1) is 8.08. The van der Waals surface area contributed by atoms with Gasteiger partial charge in [0.15, 0.2) is 0 Å². The molecule has 0 saturated carbocycles. The summed E-state index contributed by atoms with van der Waals surface area (Å²) in [5.74, 6) is 1.44. The van der Waals surface area contributed by atoms with Crippen LogP contribution in [0.15, 0.2) is 0 Å². The molecule has 3 nitrogen and oxygen atoms in total. The van der Waals surface area contributed by atoms with Crippen molar-refractivity contribution < 1.29 is 9.90 Å². The number of thioether (sulfide) groups is 1. The molecule has 2 heterocycles. The first-order valence-electron chi connectivity index (χ1n) is 6.71. The van der Waals surface area contributed by atoms with Gasteiger partial charge in [0.25, 0.3) is 0 Å². The van der Waals surface area contributed by atoms with Gasteiger partial charge < -0.3 is 10.0 Å². The Kier molecular flexibility index (Phi) is 4.36. The van der Waals surface area contributed by atoms with Crippen molar-refractivity contribution in [2.24, 2.45) is 0 Å². The summed E-state index contributed by atoms with van der Waals surface area (Å²) in [7, 11) is 0. The summed E-state index contributed by atoms with van der Waals surface area (Å²) in [6, 6.07) is 0. The van der Waals surface area contributed by atoms with E-state index in [1.165, 1.54) is 12.8 Å². The number of carbonyl (C=O) groups excluding carboxylic acids is 1. The predicted octanol–water partition coefficient (Wildman–Crippen LogP) is 2.04. The van der Waals surface area contributed by atoms with Crippen molar-refractivity contribution in [3.63, 3.8) is 0 Å². The molecule has 0 bridgehead atoms. The molecule has 2 rings (SSSR count). The lowest BCUT2D eigenvalue weighted by Gasteiger charge is -2.28. The topological polar surface area (TPSA) is 40.5 Å². The second-order valence-electron chi connectivity index (χ2n) is 5.53. The van der Waals surface area contributed by atoms with Gasteiger partial charge in [0, 0.05) is 13.1 Å². The van der Waals surface area contributed by atoms with Crippen molar-refractivity contribution in [3.05, 3.63) is 0 Å². The van der Waals surface area contributed by atoms with Crippen LogP contribution in [-0.2, 0) is 4.79 Å². The highest BCUT2D eigenvalue weighted by Crippen LogP contribution is 2.28. The quantitative estimate of drug-likeness (QED) is 0.781. The average molecular weight is 257 g/mol. The van der Waals surface area contributed by atoms with Crippen LogP contribution in [0, 0.1) is 0 Å². The zero-order valence-electron chi connectivity index (χ0n) is 10.7. The molecule has 0 aliphatic carbocycles. The van der Waals surface area contributed by atoms with E-state index in [2.05, 4.69) is 0 Å². The van der Waals surface area contributed by atoms with E-state index in [1.807, 2.05) is 23.6 Å². The third-order valence-electron chi connectivity index (χ3n) is 3.83. The summed E-state index contributed by atoms with van der Waals surface area (Å²) in [5.41, 5.74) is -0.575. The van der Waals surface area contributed by atoms with Gasteiger partial charge in [0.2, 0.25) is 5.91 Å². The second kappa shape index (κ2) is 5.61. The molecule has 1 N–H and O–H groups in total. The minimum absolute atomic E-state index is 0.187. The first-order valence-corrected chi connectivity index (χ1v) is 7.76. The number of rotatable bonds is 1. The van der Waals surface area contributed by atoms with Crippen LogP contribution in [-0.4, -0.2) is 45.6 Å². The molecule has 0 aromatic carbocycles. The van der Waals surface area contributed by atoms with E-state index in [0.717, 1.165) is 44.5 Å². The van der Waals surface area contributed by atoms with Crippen molar-refractivity contribution >= 4 is 17.7 Å². The molecular weight excluding hydrogens is 234 g/mol. The lowest BCUT2D eigenvalue weighted by atomic mass is 9.98. The van der Waals surface area contributed by atoms with E-state index < -0.39 is 5.60 Å². The van der Waals surface area contributed by atoms with Crippen LogP contribution in [0.4, 0.5) is 0 Å². The van der Waals surface area contributed by atoms with Crippen LogP contribution < -0.4 is 0 Å². The Bertz CT molecular complexity index is 275. The molecule has 2 fully saturated rings. The zero-order valence-corrected chi connectivity index (χ0v) is 11.5. The average Bonchev–Trinajstić information content (AvgIpc) is 2.50. The van der Waals surface area contributed by atoms with Crippen LogP contribution in [0.3, 0.4) is 0 Å². The SMILES string of the molecule is CC1(O)CCCN(C(=O)C2CCCCS2)CC1. The van der Waals surface area contributed by atoms with Gasteiger partial charge in [-0.2, -0.15) is 0 Å². The standard InChI is InChI=1S/C13H23NO2S/c1-13(16)6-4-8-14(9-7-13)12(15)11-5-2-3-10-17-11/h11,16H,2-10H2,1H3. The third-order valence-corrected chi connectivity index (χ3v) is 5.19. The molecule has 0 spiro atoms.